The van der Waals surface area contributed by atoms with Gasteiger partial charge in [-0.15, -0.1) is 0 Å². The fraction of sp³-hybridized carbons (Fsp3) is 0.909. The van der Waals surface area contributed by atoms with Crippen molar-refractivity contribution in [3.8, 4) is 0 Å². The summed E-state index contributed by atoms with van der Waals surface area (Å²) in [5, 5.41) is 0.677. The molecule has 1 aliphatic heterocycles. The lowest BCUT2D eigenvalue weighted by Crippen LogP contribution is -2.50. The molecule has 1 aliphatic carbocycles. The number of thioether (sulfide) groups is 1. The lowest BCUT2D eigenvalue weighted by atomic mass is 10.3. The van der Waals surface area contributed by atoms with Crippen LogP contribution in [-0.2, 0) is 0 Å². The molecule has 1 unspecified atom stereocenters. The number of guanidine groups is 1. The van der Waals surface area contributed by atoms with Gasteiger partial charge in [0.25, 0.3) is 0 Å². The van der Waals surface area contributed by atoms with Crippen LogP contribution in [0, 0.1) is 0 Å². The maximum absolute atomic E-state index is 5.60. The zero-order valence-corrected chi connectivity index (χ0v) is 10.8. The second kappa shape index (κ2) is 5.77. The van der Waals surface area contributed by atoms with Gasteiger partial charge in [0.2, 0.25) is 5.96 Å². The zero-order chi connectivity index (χ0) is 11.4. The summed E-state index contributed by atoms with van der Waals surface area (Å²) < 4.78 is 0. The predicted molar refractivity (Wildman–Crippen MR) is 70.5 cm³/mol. The molecule has 0 bridgehead atoms. The van der Waals surface area contributed by atoms with Gasteiger partial charge >= 0.3 is 0 Å². The molecular formula is C11H22N4S. The molecule has 4 nitrogen and oxygen atoms in total. The number of hydrazine groups is 1. The maximum Gasteiger partial charge on any atom is 0.208 e. The van der Waals surface area contributed by atoms with Gasteiger partial charge in [-0.2, -0.15) is 11.8 Å². The van der Waals surface area contributed by atoms with Gasteiger partial charge in [0.05, 0.1) is 6.04 Å². The lowest BCUT2D eigenvalue weighted by molar-refractivity contribution is 0.415. The Balaban J connectivity index is 1.97. The van der Waals surface area contributed by atoms with Crippen LogP contribution in [0.1, 0.15) is 32.6 Å². The summed E-state index contributed by atoms with van der Waals surface area (Å²) in [7, 11) is 0. The molecule has 1 atom stereocenters. The molecular weight excluding hydrogens is 220 g/mol. The third-order valence-electron chi connectivity index (χ3n) is 3.30. The van der Waals surface area contributed by atoms with Gasteiger partial charge in [-0.25, -0.2) is 10.8 Å². The van der Waals surface area contributed by atoms with Gasteiger partial charge < -0.3 is 4.90 Å². The highest BCUT2D eigenvalue weighted by Gasteiger charge is 2.21. The van der Waals surface area contributed by atoms with E-state index in [0.29, 0.717) is 11.3 Å². The molecule has 3 N–H and O–H groups in total. The molecule has 0 aromatic rings. The Hall–Kier alpha value is -0.420. The second-order valence-corrected chi connectivity index (χ2v) is 6.21. The molecule has 1 saturated carbocycles. The number of nitrogens with two attached hydrogens (primary N) is 1. The molecule has 2 aliphatic rings. The van der Waals surface area contributed by atoms with Crippen molar-refractivity contribution in [3.05, 3.63) is 0 Å². The van der Waals surface area contributed by atoms with Crippen LogP contribution in [0.25, 0.3) is 0 Å². The van der Waals surface area contributed by atoms with Crippen molar-refractivity contribution in [1.82, 2.24) is 10.3 Å². The third kappa shape index (κ3) is 3.04. The van der Waals surface area contributed by atoms with Gasteiger partial charge in [0.1, 0.15) is 0 Å². The highest BCUT2D eigenvalue weighted by molar-refractivity contribution is 7.99. The Morgan fingerprint density at radius 3 is 2.81 bits per heavy atom. The largest absolute Gasteiger partial charge is 0.340 e. The number of hydrogen-bond donors (Lipinski definition) is 2. The highest BCUT2D eigenvalue weighted by Crippen LogP contribution is 2.22. The Morgan fingerprint density at radius 2 is 2.19 bits per heavy atom. The predicted octanol–water partition coefficient (Wildman–Crippen LogP) is 1.19. The molecule has 2 rings (SSSR count). The summed E-state index contributed by atoms with van der Waals surface area (Å²) in [5.41, 5.74) is 2.79. The molecule has 2 fully saturated rings. The standard InChI is InChI=1S/C11H22N4S/c1-9-8-15(6-7-16-9)11(14-12)13-10-4-2-3-5-10/h9-10H,2-8,12H2,1H3,(H,13,14). The fourth-order valence-electron chi connectivity index (χ4n) is 2.43. The first-order valence-corrected chi connectivity index (χ1v) is 7.25. The van der Waals surface area contributed by atoms with E-state index in [1.54, 1.807) is 0 Å². The minimum absolute atomic E-state index is 0.496. The van der Waals surface area contributed by atoms with Crippen molar-refractivity contribution < 1.29 is 0 Å². The Kier molecular flexibility index (Phi) is 4.35. The smallest absolute Gasteiger partial charge is 0.208 e. The summed E-state index contributed by atoms with van der Waals surface area (Å²) in [5.74, 6) is 7.67. The topological polar surface area (TPSA) is 53.6 Å². The SMILES string of the molecule is CC1CN(C(=NC2CCCC2)NN)CCS1. The van der Waals surface area contributed by atoms with Gasteiger partial charge in [-0.05, 0) is 12.8 Å². The molecule has 1 heterocycles. The Labute approximate surface area is 102 Å². The maximum atomic E-state index is 5.60. The number of rotatable bonds is 1. The van der Waals surface area contributed by atoms with Crippen LogP contribution in [0.3, 0.4) is 0 Å². The van der Waals surface area contributed by atoms with E-state index in [4.69, 9.17) is 10.8 Å². The summed E-state index contributed by atoms with van der Waals surface area (Å²) in [6.45, 7) is 4.38. The van der Waals surface area contributed by atoms with Crippen LogP contribution < -0.4 is 11.3 Å². The van der Waals surface area contributed by atoms with E-state index in [-0.39, 0.29) is 0 Å². The average molecular weight is 242 g/mol. The number of aliphatic imine (C=N–C) groups is 1. The summed E-state index contributed by atoms with van der Waals surface area (Å²) >= 11 is 2.03. The summed E-state index contributed by atoms with van der Waals surface area (Å²) in [6.07, 6.45) is 5.09. The van der Waals surface area contributed by atoms with Crippen molar-refractivity contribution in [1.29, 1.82) is 0 Å². The first-order chi connectivity index (χ1) is 7.79. The summed E-state index contributed by atoms with van der Waals surface area (Å²) in [6, 6.07) is 0.496. The van der Waals surface area contributed by atoms with E-state index in [9.17, 15) is 0 Å². The Bertz CT molecular complexity index is 250. The molecule has 0 aromatic carbocycles. The molecule has 0 amide bonds. The zero-order valence-electron chi connectivity index (χ0n) is 9.98. The second-order valence-electron chi connectivity index (χ2n) is 4.66. The monoisotopic (exact) mass is 242 g/mol. The molecule has 5 heteroatoms. The number of nitrogens with zero attached hydrogens (tertiary/aromatic N) is 2. The molecule has 0 spiro atoms. The molecule has 0 aromatic heterocycles. The van der Waals surface area contributed by atoms with Crippen LogP contribution in [0.2, 0.25) is 0 Å². The van der Waals surface area contributed by atoms with E-state index >= 15 is 0 Å². The van der Waals surface area contributed by atoms with E-state index < -0.39 is 0 Å². The van der Waals surface area contributed by atoms with Crippen molar-refractivity contribution >= 4 is 17.7 Å². The van der Waals surface area contributed by atoms with Crippen LogP contribution in [-0.4, -0.2) is 41.0 Å². The molecule has 92 valence electrons. The van der Waals surface area contributed by atoms with Crippen LogP contribution in [0.5, 0.6) is 0 Å². The Morgan fingerprint density at radius 1 is 1.44 bits per heavy atom. The van der Waals surface area contributed by atoms with Crippen LogP contribution in [0.4, 0.5) is 0 Å². The van der Waals surface area contributed by atoms with Crippen molar-refractivity contribution in [2.45, 2.75) is 43.9 Å². The van der Waals surface area contributed by atoms with Crippen LogP contribution in [0.15, 0.2) is 4.99 Å². The average Bonchev–Trinajstić information content (AvgIpc) is 2.78. The summed E-state index contributed by atoms with van der Waals surface area (Å²) in [4.78, 5) is 7.04. The molecule has 1 saturated heterocycles. The first-order valence-electron chi connectivity index (χ1n) is 6.20. The van der Waals surface area contributed by atoms with Gasteiger partial charge in [-0.1, -0.05) is 19.8 Å². The van der Waals surface area contributed by atoms with Gasteiger partial charge in [0, 0.05) is 24.1 Å². The third-order valence-corrected chi connectivity index (χ3v) is 4.44. The van der Waals surface area contributed by atoms with Gasteiger partial charge in [-0.3, -0.25) is 5.43 Å². The van der Waals surface area contributed by atoms with E-state index in [2.05, 4.69) is 17.2 Å². The van der Waals surface area contributed by atoms with E-state index in [1.165, 1.54) is 31.4 Å². The first kappa shape index (κ1) is 12.0. The minimum atomic E-state index is 0.496. The van der Waals surface area contributed by atoms with Crippen molar-refractivity contribution in [2.24, 2.45) is 10.8 Å². The lowest BCUT2D eigenvalue weighted by Gasteiger charge is -2.33. The highest BCUT2D eigenvalue weighted by atomic mass is 32.2. The minimum Gasteiger partial charge on any atom is -0.340 e. The van der Waals surface area contributed by atoms with Crippen molar-refractivity contribution in [3.63, 3.8) is 0 Å². The normalized spacial score (nSPS) is 28.5. The molecule has 16 heavy (non-hydrogen) atoms. The molecule has 0 radical (unpaired) electrons. The van der Waals surface area contributed by atoms with Crippen molar-refractivity contribution in [2.75, 3.05) is 18.8 Å². The van der Waals surface area contributed by atoms with Gasteiger partial charge in [0.15, 0.2) is 0 Å². The van der Waals surface area contributed by atoms with Crippen LogP contribution >= 0.6 is 11.8 Å². The fourth-order valence-corrected chi connectivity index (χ4v) is 3.44. The number of hydrogen-bond acceptors (Lipinski definition) is 3. The quantitative estimate of drug-likeness (QED) is 0.314. The van der Waals surface area contributed by atoms with E-state index in [1.807, 2.05) is 11.8 Å². The number of nitrogens with one attached hydrogen (secondary N) is 1. The van der Waals surface area contributed by atoms with E-state index in [0.717, 1.165) is 19.0 Å².